The molecule has 2 aromatic rings. The van der Waals surface area contributed by atoms with Crippen molar-refractivity contribution in [3.05, 3.63) is 59.4 Å². The third-order valence-corrected chi connectivity index (χ3v) is 6.61. The van der Waals surface area contributed by atoms with Gasteiger partial charge in [0, 0.05) is 36.6 Å². The van der Waals surface area contributed by atoms with Gasteiger partial charge in [0.25, 0.3) is 0 Å². The summed E-state index contributed by atoms with van der Waals surface area (Å²) in [6, 6.07) is 14.0. The van der Waals surface area contributed by atoms with Crippen molar-refractivity contribution in [1.29, 1.82) is 0 Å². The van der Waals surface area contributed by atoms with E-state index in [-0.39, 0.29) is 17.6 Å². The Morgan fingerprint density at radius 1 is 0.966 bits per heavy atom. The van der Waals surface area contributed by atoms with Gasteiger partial charge in [0.2, 0.25) is 0 Å². The van der Waals surface area contributed by atoms with Gasteiger partial charge in [0.15, 0.2) is 0 Å². The van der Waals surface area contributed by atoms with Crippen LogP contribution in [-0.4, -0.2) is 32.8 Å². The van der Waals surface area contributed by atoms with E-state index in [1.54, 1.807) is 0 Å². The maximum absolute atomic E-state index is 10.1. The first kappa shape index (κ1) is 22.1. The molecule has 3 heteroatoms. The summed E-state index contributed by atoms with van der Waals surface area (Å²) >= 11 is 0. The monoisotopic (exact) mass is 396 g/mol. The Balaban J connectivity index is 1.77. The lowest BCUT2D eigenvalue weighted by molar-refractivity contribution is 0.000960. The van der Waals surface area contributed by atoms with Crippen LogP contribution in [0.15, 0.2) is 42.6 Å². The standard InChI is InChI=1S/C26H40N2O/c1-25(2,3)22-15-13-21(14-16-22)18-27-17-9-12-24(27)19-28(26(4,5)20-29)23-10-7-6-8-11-23/h9,12-17,23,29H,6-8,10-11,18-20H2,1-5H3. The van der Waals surface area contributed by atoms with Crippen LogP contribution in [0.3, 0.4) is 0 Å². The Bertz CT molecular complexity index is 761. The van der Waals surface area contributed by atoms with E-state index >= 15 is 0 Å². The molecule has 1 aliphatic carbocycles. The van der Waals surface area contributed by atoms with Crippen molar-refractivity contribution in [3.8, 4) is 0 Å². The van der Waals surface area contributed by atoms with E-state index < -0.39 is 0 Å². The van der Waals surface area contributed by atoms with Gasteiger partial charge in [-0.2, -0.15) is 0 Å². The second kappa shape index (κ2) is 9.06. The summed E-state index contributed by atoms with van der Waals surface area (Å²) in [6.45, 7) is 13.1. The van der Waals surface area contributed by atoms with Crippen LogP contribution < -0.4 is 0 Å². The molecule has 1 aromatic heterocycles. The van der Waals surface area contributed by atoms with E-state index in [2.05, 4.69) is 86.7 Å². The summed E-state index contributed by atoms with van der Waals surface area (Å²) in [7, 11) is 0. The molecular formula is C26H40N2O. The molecule has 0 amide bonds. The van der Waals surface area contributed by atoms with Crippen molar-refractivity contribution in [2.75, 3.05) is 6.61 Å². The summed E-state index contributed by atoms with van der Waals surface area (Å²) in [5.74, 6) is 0. The van der Waals surface area contributed by atoms with Crippen molar-refractivity contribution < 1.29 is 5.11 Å². The fraction of sp³-hybridized carbons (Fsp3) is 0.615. The van der Waals surface area contributed by atoms with Gasteiger partial charge in [0.05, 0.1) is 6.61 Å². The van der Waals surface area contributed by atoms with Gasteiger partial charge in [0.1, 0.15) is 0 Å². The molecular weight excluding hydrogens is 356 g/mol. The third-order valence-electron chi connectivity index (χ3n) is 6.61. The zero-order valence-corrected chi connectivity index (χ0v) is 19.1. The van der Waals surface area contributed by atoms with E-state index in [1.165, 1.54) is 48.9 Å². The van der Waals surface area contributed by atoms with Crippen molar-refractivity contribution in [1.82, 2.24) is 9.47 Å². The second-order valence-electron chi connectivity index (χ2n) is 10.5. The second-order valence-corrected chi connectivity index (χ2v) is 10.5. The maximum atomic E-state index is 10.1. The van der Waals surface area contributed by atoms with Crippen LogP contribution in [-0.2, 0) is 18.5 Å². The van der Waals surface area contributed by atoms with Crippen LogP contribution in [0, 0.1) is 0 Å². The summed E-state index contributed by atoms with van der Waals surface area (Å²) in [5.41, 5.74) is 4.03. The van der Waals surface area contributed by atoms with Crippen LogP contribution in [0.2, 0.25) is 0 Å². The van der Waals surface area contributed by atoms with E-state index in [0.717, 1.165) is 13.1 Å². The Labute approximate surface area is 177 Å². The van der Waals surface area contributed by atoms with Crippen molar-refractivity contribution >= 4 is 0 Å². The van der Waals surface area contributed by atoms with Gasteiger partial charge in [-0.3, -0.25) is 4.90 Å². The van der Waals surface area contributed by atoms with Gasteiger partial charge in [-0.1, -0.05) is 64.3 Å². The highest BCUT2D eigenvalue weighted by Gasteiger charge is 2.33. The molecule has 3 nitrogen and oxygen atoms in total. The van der Waals surface area contributed by atoms with Crippen LogP contribution in [0.25, 0.3) is 0 Å². The van der Waals surface area contributed by atoms with Crippen LogP contribution in [0.4, 0.5) is 0 Å². The number of rotatable bonds is 7. The average molecular weight is 397 g/mol. The topological polar surface area (TPSA) is 28.4 Å². The van der Waals surface area contributed by atoms with Gasteiger partial charge < -0.3 is 9.67 Å². The predicted molar refractivity (Wildman–Crippen MR) is 122 cm³/mol. The van der Waals surface area contributed by atoms with E-state index in [1.807, 2.05) is 0 Å². The van der Waals surface area contributed by atoms with Gasteiger partial charge >= 0.3 is 0 Å². The molecule has 0 spiro atoms. The normalized spacial score (nSPS) is 16.5. The van der Waals surface area contributed by atoms with Crippen LogP contribution >= 0.6 is 0 Å². The molecule has 1 aliphatic rings. The number of nitrogens with zero attached hydrogens (tertiary/aromatic N) is 2. The molecule has 1 fully saturated rings. The SMILES string of the molecule is CC(C)(C)c1ccc(Cn2cccc2CN(C2CCCCC2)C(C)(C)CO)cc1. The van der Waals surface area contributed by atoms with Gasteiger partial charge in [-0.15, -0.1) is 0 Å². The molecule has 1 N–H and O–H groups in total. The van der Waals surface area contributed by atoms with Crippen molar-refractivity contribution in [2.24, 2.45) is 0 Å². The Hall–Kier alpha value is -1.58. The highest BCUT2D eigenvalue weighted by Crippen LogP contribution is 2.30. The maximum Gasteiger partial charge on any atom is 0.0610 e. The minimum Gasteiger partial charge on any atom is -0.394 e. The Morgan fingerprint density at radius 3 is 2.21 bits per heavy atom. The number of aromatic nitrogens is 1. The zero-order chi connectivity index (χ0) is 21.1. The molecule has 160 valence electrons. The Morgan fingerprint density at radius 2 is 1.62 bits per heavy atom. The lowest BCUT2D eigenvalue weighted by Gasteiger charge is -2.44. The number of aliphatic hydroxyl groups excluding tert-OH is 1. The summed E-state index contributed by atoms with van der Waals surface area (Å²) in [4.78, 5) is 2.56. The van der Waals surface area contributed by atoms with E-state index in [4.69, 9.17) is 0 Å². The van der Waals surface area contributed by atoms with Crippen molar-refractivity contribution in [2.45, 2.75) is 96.8 Å². The summed E-state index contributed by atoms with van der Waals surface area (Å²) in [5, 5.41) is 10.1. The minimum atomic E-state index is -0.203. The van der Waals surface area contributed by atoms with Crippen LogP contribution in [0.1, 0.15) is 83.5 Å². The lowest BCUT2D eigenvalue weighted by Crippen LogP contribution is -2.52. The first-order valence-electron chi connectivity index (χ1n) is 11.3. The molecule has 0 atom stereocenters. The minimum absolute atomic E-state index is 0.188. The molecule has 1 saturated carbocycles. The molecule has 1 aromatic carbocycles. The third kappa shape index (κ3) is 5.52. The first-order chi connectivity index (χ1) is 13.7. The fourth-order valence-electron chi connectivity index (χ4n) is 4.55. The van der Waals surface area contributed by atoms with Gasteiger partial charge in [-0.25, -0.2) is 0 Å². The quantitative estimate of drug-likeness (QED) is 0.646. The number of aliphatic hydroxyl groups is 1. The fourth-order valence-corrected chi connectivity index (χ4v) is 4.55. The Kier molecular flexibility index (Phi) is 6.90. The summed E-state index contributed by atoms with van der Waals surface area (Å²) < 4.78 is 2.37. The first-order valence-corrected chi connectivity index (χ1v) is 11.3. The molecule has 3 rings (SSSR count). The number of hydrogen-bond acceptors (Lipinski definition) is 2. The largest absolute Gasteiger partial charge is 0.394 e. The molecule has 29 heavy (non-hydrogen) atoms. The van der Waals surface area contributed by atoms with E-state index in [0.29, 0.717) is 6.04 Å². The van der Waals surface area contributed by atoms with Crippen molar-refractivity contribution in [3.63, 3.8) is 0 Å². The molecule has 0 unspecified atom stereocenters. The lowest BCUT2D eigenvalue weighted by atomic mass is 9.87. The number of hydrogen-bond donors (Lipinski definition) is 1. The highest BCUT2D eigenvalue weighted by atomic mass is 16.3. The molecule has 0 saturated heterocycles. The van der Waals surface area contributed by atoms with E-state index in [9.17, 15) is 5.11 Å². The molecule has 0 bridgehead atoms. The summed E-state index contributed by atoms with van der Waals surface area (Å²) in [6.07, 6.45) is 8.66. The van der Waals surface area contributed by atoms with Crippen LogP contribution in [0.5, 0.6) is 0 Å². The smallest absolute Gasteiger partial charge is 0.0610 e. The highest BCUT2D eigenvalue weighted by molar-refractivity contribution is 5.28. The predicted octanol–water partition coefficient (Wildman–Crippen LogP) is 5.74. The number of benzene rings is 1. The van der Waals surface area contributed by atoms with Gasteiger partial charge in [-0.05, 0) is 55.4 Å². The average Bonchev–Trinajstić information content (AvgIpc) is 3.13. The zero-order valence-electron chi connectivity index (χ0n) is 19.1. The molecule has 0 radical (unpaired) electrons. The molecule has 1 heterocycles. The molecule has 0 aliphatic heterocycles.